The average Bonchev–Trinajstić information content (AvgIpc) is 2.48. The van der Waals surface area contributed by atoms with Gasteiger partial charge in [0.25, 0.3) is 5.69 Å². The first kappa shape index (κ1) is 14.6. The van der Waals surface area contributed by atoms with E-state index < -0.39 is 9.85 Å². The number of nitrogens with one attached hydrogen (secondary N) is 1. The minimum atomic E-state index is -0.672. The lowest BCUT2D eigenvalue weighted by atomic mass is 9.96. The molecule has 0 radical (unpaired) electrons. The summed E-state index contributed by atoms with van der Waals surface area (Å²) in [6.07, 6.45) is 8.79. The van der Waals surface area contributed by atoms with E-state index in [9.17, 15) is 20.2 Å². The molecule has 1 N–H and O–H groups in total. The number of rotatable bonds is 5. The molecule has 0 bridgehead atoms. The van der Waals surface area contributed by atoms with Crippen LogP contribution in [0.3, 0.4) is 0 Å². The third kappa shape index (κ3) is 3.85. The summed E-state index contributed by atoms with van der Waals surface area (Å²) in [4.78, 5) is 20.2. The average molecular weight is 290 g/mol. The molecule has 2 rings (SSSR count). The maximum Gasteiger partial charge on any atom is 0.301 e. The molecule has 1 aliphatic rings. The van der Waals surface area contributed by atoms with Crippen molar-refractivity contribution in [1.29, 1.82) is 0 Å². The van der Waals surface area contributed by atoms with Crippen molar-refractivity contribution in [3.63, 3.8) is 0 Å². The van der Waals surface area contributed by atoms with E-state index >= 15 is 0 Å². The van der Waals surface area contributed by atoms with E-state index in [-0.39, 0.29) is 17.1 Å². The number of allylic oxidation sites excluding steroid dienone is 2. The molecular weight excluding hydrogens is 276 g/mol. The summed E-state index contributed by atoms with van der Waals surface area (Å²) in [6, 6.07) is 3.41. The quantitative estimate of drug-likeness (QED) is 0.387. The van der Waals surface area contributed by atoms with Gasteiger partial charge in [0.1, 0.15) is 5.69 Å². The summed E-state index contributed by atoms with van der Waals surface area (Å²) in [5.41, 5.74) is 2.03. The van der Waals surface area contributed by atoms with Crippen LogP contribution in [-0.4, -0.2) is 16.1 Å². The fraction of sp³-hybridized carbons (Fsp3) is 0.308. The Labute approximate surface area is 120 Å². The van der Waals surface area contributed by atoms with Crippen molar-refractivity contribution in [2.75, 3.05) is 5.43 Å². The lowest BCUT2D eigenvalue weighted by Crippen LogP contribution is -2.05. The summed E-state index contributed by atoms with van der Waals surface area (Å²) < 4.78 is 0. The molecule has 21 heavy (non-hydrogen) atoms. The first-order chi connectivity index (χ1) is 10.1. The van der Waals surface area contributed by atoms with E-state index in [1.807, 2.05) is 0 Å². The highest BCUT2D eigenvalue weighted by Crippen LogP contribution is 2.29. The minimum Gasteiger partial charge on any atom is -0.272 e. The third-order valence-corrected chi connectivity index (χ3v) is 3.17. The molecule has 0 saturated carbocycles. The summed E-state index contributed by atoms with van der Waals surface area (Å²) in [6.45, 7) is 0. The molecule has 0 amide bonds. The van der Waals surface area contributed by atoms with Crippen molar-refractivity contribution >= 4 is 23.3 Å². The normalized spacial score (nSPS) is 17.8. The van der Waals surface area contributed by atoms with Crippen molar-refractivity contribution in [1.82, 2.24) is 0 Å². The second-order valence-corrected chi connectivity index (χ2v) is 4.65. The van der Waals surface area contributed by atoms with Crippen molar-refractivity contribution in [3.8, 4) is 0 Å². The highest BCUT2D eigenvalue weighted by Gasteiger charge is 2.19. The summed E-state index contributed by atoms with van der Waals surface area (Å²) >= 11 is 0. The van der Waals surface area contributed by atoms with Crippen LogP contribution in [0.4, 0.5) is 17.1 Å². The Morgan fingerprint density at radius 3 is 2.67 bits per heavy atom. The van der Waals surface area contributed by atoms with Crippen LogP contribution < -0.4 is 5.43 Å². The highest BCUT2D eigenvalue weighted by molar-refractivity contribution is 5.68. The first-order valence-electron chi connectivity index (χ1n) is 6.45. The molecule has 110 valence electrons. The standard InChI is InChI=1S/C13H14N4O4/c18-16(19)11-6-7-12(13(8-11)17(20)21)15-14-9-10-4-2-1-3-5-10/h1-2,6-10,15H,3-5H2/b14-9+. The van der Waals surface area contributed by atoms with Gasteiger partial charge in [0.15, 0.2) is 0 Å². The van der Waals surface area contributed by atoms with E-state index in [1.54, 1.807) is 6.21 Å². The first-order valence-corrected chi connectivity index (χ1v) is 6.45. The number of hydrogen-bond acceptors (Lipinski definition) is 6. The number of benzene rings is 1. The lowest BCUT2D eigenvalue weighted by Gasteiger charge is -2.11. The predicted molar refractivity (Wildman–Crippen MR) is 78.3 cm³/mol. The molecule has 0 aliphatic heterocycles. The second kappa shape index (κ2) is 6.60. The maximum absolute atomic E-state index is 10.9. The van der Waals surface area contributed by atoms with Gasteiger partial charge in [-0.3, -0.25) is 25.7 Å². The van der Waals surface area contributed by atoms with Gasteiger partial charge in [-0.25, -0.2) is 0 Å². The van der Waals surface area contributed by atoms with Crippen molar-refractivity contribution < 1.29 is 9.85 Å². The smallest absolute Gasteiger partial charge is 0.272 e. The van der Waals surface area contributed by atoms with Crippen LogP contribution in [0.25, 0.3) is 0 Å². The molecule has 0 spiro atoms. The molecule has 0 fully saturated rings. The molecule has 1 unspecified atom stereocenters. The number of hydrazone groups is 1. The van der Waals surface area contributed by atoms with Crippen molar-refractivity contribution in [3.05, 3.63) is 50.6 Å². The van der Waals surface area contributed by atoms with Crippen LogP contribution in [0, 0.1) is 26.1 Å². The van der Waals surface area contributed by atoms with Gasteiger partial charge in [0, 0.05) is 12.3 Å². The van der Waals surface area contributed by atoms with Gasteiger partial charge in [0.2, 0.25) is 0 Å². The number of hydrogen-bond donors (Lipinski definition) is 1. The Morgan fingerprint density at radius 1 is 1.24 bits per heavy atom. The Hall–Kier alpha value is -2.77. The molecule has 0 heterocycles. The Balaban J connectivity index is 2.11. The van der Waals surface area contributed by atoms with Crippen LogP contribution >= 0.6 is 0 Å². The van der Waals surface area contributed by atoms with E-state index in [2.05, 4.69) is 22.7 Å². The summed E-state index contributed by atoms with van der Waals surface area (Å²) in [5.74, 6) is 0.305. The molecule has 8 heteroatoms. The second-order valence-electron chi connectivity index (χ2n) is 4.65. The van der Waals surface area contributed by atoms with E-state index in [1.165, 1.54) is 12.1 Å². The monoisotopic (exact) mass is 290 g/mol. The van der Waals surface area contributed by atoms with Gasteiger partial charge >= 0.3 is 5.69 Å². The van der Waals surface area contributed by atoms with Crippen LogP contribution in [-0.2, 0) is 0 Å². The Bertz CT molecular complexity index is 612. The molecule has 1 aromatic carbocycles. The molecule has 1 aromatic rings. The zero-order valence-electron chi connectivity index (χ0n) is 11.1. The Morgan fingerprint density at radius 2 is 2.05 bits per heavy atom. The lowest BCUT2D eigenvalue weighted by molar-refractivity contribution is -0.393. The maximum atomic E-state index is 10.9. The SMILES string of the molecule is O=[N+]([O-])c1ccc(N/N=C/C2CC=CCC2)c([N+](=O)[O-])c1. The molecule has 0 saturated heterocycles. The summed E-state index contributed by atoms with van der Waals surface area (Å²) in [5, 5.41) is 25.6. The fourth-order valence-corrected chi connectivity index (χ4v) is 2.04. The summed E-state index contributed by atoms with van der Waals surface area (Å²) in [7, 11) is 0. The van der Waals surface area contributed by atoms with Crippen molar-refractivity contribution in [2.24, 2.45) is 11.0 Å². The molecular formula is C13H14N4O4. The van der Waals surface area contributed by atoms with E-state index in [4.69, 9.17) is 0 Å². The van der Waals surface area contributed by atoms with Crippen LogP contribution in [0.1, 0.15) is 19.3 Å². The Kier molecular flexibility index (Phi) is 4.60. The topological polar surface area (TPSA) is 111 Å². The number of non-ortho nitro benzene ring substituents is 1. The largest absolute Gasteiger partial charge is 0.301 e. The van der Waals surface area contributed by atoms with Crippen LogP contribution in [0.2, 0.25) is 0 Å². The minimum absolute atomic E-state index is 0.133. The van der Waals surface area contributed by atoms with Gasteiger partial charge in [-0.05, 0) is 31.2 Å². The molecule has 0 aromatic heterocycles. The highest BCUT2D eigenvalue weighted by atomic mass is 16.6. The van der Waals surface area contributed by atoms with Gasteiger partial charge in [-0.2, -0.15) is 5.10 Å². The van der Waals surface area contributed by atoms with Crippen LogP contribution in [0.5, 0.6) is 0 Å². The van der Waals surface area contributed by atoms with Gasteiger partial charge in [-0.1, -0.05) is 12.2 Å². The molecule has 1 aliphatic carbocycles. The number of anilines is 1. The van der Waals surface area contributed by atoms with E-state index in [0.717, 1.165) is 25.3 Å². The van der Waals surface area contributed by atoms with E-state index in [0.29, 0.717) is 5.92 Å². The molecule has 8 nitrogen and oxygen atoms in total. The van der Waals surface area contributed by atoms with Crippen molar-refractivity contribution in [2.45, 2.75) is 19.3 Å². The number of nitrogens with zero attached hydrogens (tertiary/aromatic N) is 3. The van der Waals surface area contributed by atoms with Gasteiger partial charge in [-0.15, -0.1) is 0 Å². The fourth-order valence-electron chi connectivity index (χ4n) is 2.04. The van der Waals surface area contributed by atoms with Gasteiger partial charge < -0.3 is 0 Å². The number of nitro groups is 2. The third-order valence-electron chi connectivity index (χ3n) is 3.17. The predicted octanol–water partition coefficient (Wildman–Crippen LogP) is 3.26. The number of nitro benzene ring substituents is 2. The van der Waals surface area contributed by atoms with Gasteiger partial charge in [0.05, 0.1) is 15.9 Å². The zero-order valence-corrected chi connectivity index (χ0v) is 11.1. The van der Waals surface area contributed by atoms with Crippen LogP contribution in [0.15, 0.2) is 35.5 Å². The zero-order chi connectivity index (χ0) is 15.2. The molecule has 1 atom stereocenters.